The highest BCUT2D eigenvalue weighted by Crippen LogP contribution is 2.33. The van der Waals surface area contributed by atoms with Crippen molar-refractivity contribution in [3.05, 3.63) is 23.8 Å². The maximum absolute atomic E-state index is 12.8. The molecule has 3 fully saturated rings. The van der Waals surface area contributed by atoms with Crippen LogP contribution in [0.1, 0.15) is 23.2 Å². The second kappa shape index (κ2) is 7.79. The molecule has 0 radical (unpaired) electrons. The zero-order valence-corrected chi connectivity index (χ0v) is 16.7. The van der Waals surface area contributed by atoms with Crippen molar-refractivity contribution in [1.29, 1.82) is 0 Å². The van der Waals surface area contributed by atoms with Gasteiger partial charge in [0.2, 0.25) is 12.7 Å². The molecule has 0 N–H and O–H groups in total. The van der Waals surface area contributed by atoms with Crippen molar-refractivity contribution >= 4 is 17.7 Å². The van der Waals surface area contributed by atoms with E-state index in [2.05, 4.69) is 0 Å². The molecule has 5 rings (SSSR count). The Hall–Kier alpha value is -2.81. The minimum atomic E-state index is -0.311. The van der Waals surface area contributed by atoms with Gasteiger partial charge >= 0.3 is 0 Å². The summed E-state index contributed by atoms with van der Waals surface area (Å²) in [6.45, 7) is 3.79. The number of carbonyl (C=O) groups is 3. The minimum absolute atomic E-state index is 0.0451. The summed E-state index contributed by atoms with van der Waals surface area (Å²) in [5.74, 6) is 1.04. The molecule has 0 aromatic heterocycles. The first-order valence-electron chi connectivity index (χ1n) is 10.5. The van der Waals surface area contributed by atoms with Gasteiger partial charge in [0.1, 0.15) is 6.10 Å². The van der Waals surface area contributed by atoms with Gasteiger partial charge in [-0.15, -0.1) is 0 Å². The van der Waals surface area contributed by atoms with Gasteiger partial charge in [0.15, 0.2) is 11.5 Å². The standard InChI is InChI=1S/C21H25N3O6/c25-19(14-3-4-16-18(10-14)30-13-29-16)24-11-15(12-24)20(26)22-5-7-23(8-6-22)21(27)17-2-1-9-28-17/h3-4,10,15,17H,1-2,5-9,11-13H2. The number of nitrogens with zero attached hydrogens (tertiary/aromatic N) is 3. The molecule has 0 spiro atoms. The number of fused-ring (bicyclic) bond motifs is 1. The monoisotopic (exact) mass is 415 g/mol. The van der Waals surface area contributed by atoms with Crippen molar-refractivity contribution in [2.45, 2.75) is 18.9 Å². The third-order valence-electron chi connectivity index (χ3n) is 6.25. The number of ether oxygens (including phenoxy) is 3. The fraction of sp³-hybridized carbons (Fsp3) is 0.571. The number of hydrogen-bond acceptors (Lipinski definition) is 6. The van der Waals surface area contributed by atoms with E-state index in [4.69, 9.17) is 14.2 Å². The van der Waals surface area contributed by atoms with E-state index in [1.165, 1.54) is 0 Å². The van der Waals surface area contributed by atoms with Gasteiger partial charge in [-0.05, 0) is 31.0 Å². The van der Waals surface area contributed by atoms with Crippen LogP contribution in [0.2, 0.25) is 0 Å². The number of likely N-dealkylation sites (tertiary alicyclic amines) is 1. The molecular weight excluding hydrogens is 390 g/mol. The highest BCUT2D eigenvalue weighted by Gasteiger charge is 2.40. The zero-order valence-electron chi connectivity index (χ0n) is 16.7. The largest absolute Gasteiger partial charge is 0.454 e. The van der Waals surface area contributed by atoms with E-state index in [0.29, 0.717) is 62.9 Å². The van der Waals surface area contributed by atoms with Crippen LogP contribution >= 0.6 is 0 Å². The number of benzene rings is 1. The minimum Gasteiger partial charge on any atom is -0.454 e. The van der Waals surface area contributed by atoms with E-state index in [1.54, 1.807) is 28.0 Å². The van der Waals surface area contributed by atoms with Crippen LogP contribution in [0, 0.1) is 5.92 Å². The van der Waals surface area contributed by atoms with Crippen LogP contribution in [-0.2, 0) is 14.3 Å². The summed E-state index contributed by atoms with van der Waals surface area (Å²) in [6, 6.07) is 5.13. The molecule has 160 valence electrons. The second-order valence-electron chi connectivity index (χ2n) is 8.13. The van der Waals surface area contributed by atoms with E-state index in [-0.39, 0.29) is 36.5 Å². The summed E-state index contributed by atoms with van der Waals surface area (Å²) in [5, 5.41) is 0. The number of hydrogen-bond donors (Lipinski definition) is 0. The Morgan fingerprint density at radius 2 is 1.57 bits per heavy atom. The molecule has 9 heteroatoms. The van der Waals surface area contributed by atoms with Gasteiger partial charge in [-0.2, -0.15) is 0 Å². The molecular formula is C21H25N3O6. The van der Waals surface area contributed by atoms with E-state index < -0.39 is 0 Å². The van der Waals surface area contributed by atoms with Gasteiger partial charge in [-0.3, -0.25) is 14.4 Å². The molecule has 3 amide bonds. The third kappa shape index (κ3) is 3.47. The second-order valence-corrected chi connectivity index (χ2v) is 8.13. The van der Waals surface area contributed by atoms with Crippen LogP contribution in [0.4, 0.5) is 0 Å². The molecule has 30 heavy (non-hydrogen) atoms. The van der Waals surface area contributed by atoms with Gasteiger partial charge in [0, 0.05) is 51.4 Å². The molecule has 1 aromatic rings. The maximum Gasteiger partial charge on any atom is 0.254 e. The Balaban J connectivity index is 1.10. The van der Waals surface area contributed by atoms with E-state index >= 15 is 0 Å². The van der Waals surface area contributed by atoms with Crippen molar-refractivity contribution in [1.82, 2.24) is 14.7 Å². The average Bonchev–Trinajstić information content (AvgIpc) is 3.43. The smallest absolute Gasteiger partial charge is 0.254 e. The topological polar surface area (TPSA) is 88.6 Å². The molecule has 3 saturated heterocycles. The number of rotatable bonds is 3. The summed E-state index contributed by atoms with van der Waals surface area (Å²) >= 11 is 0. The summed E-state index contributed by atoms with van der Waals surface area (Å²) in [5.41, 5.74) is 0.534. The highest BCUT2D eigenvalue weighted by atomic mass is 16.7. The predicted octanol–water partition coefficient (Wildman–Crippen LogP) is 0.337. The summed E-state index contributed by atoms with van der Waals surface area (Å²) in [7, 11) is 0. The van der Waals surface area contributed by atoms with Crippen molar-refractivity contribution in [3.8, 4) is 11.5 Å². The molecule has 4 aliphatic rings. The molecule has 9 nitrogen and oxygen atoms in total. The van der Waals surface area contributed by atoms with Crippen LogP contribution in [0.5, 0.6) is 11.5 Å². The quantitative estimate of drug-likeness (QED) is 0.707. The first kappa shape index (κ1) is 19.2. The van der Waals surface area contributed by atoms with Gasteiger partial charge in [-0.1, -0.05) is 0 Å². The fourth-order valence-corrected chi connectivity index (χ4v) is 4.39. The molecule has 1 unspecified atom stereocenters. The average molecular weight is 415 g/mol. The normalized spacial score (nSPS) is 23.5. The third-order valence-corrected chi connectivity index (χ3v) is 6.25. The molecule has 0 saturated carbocycles. The van der Waals surface area contributed by atoms with Crippen LogP contribution in [0.15, 0.2) is 18.2 Å². The van der Waals surface area contributed by atoms with E-state index in [0.717, 1.165) is 12.8 Å². The van der Waals surface area contributed by atoms with Crippen molar-refractivity contribution in [2.75, 3.05) is 52.7 Å². The molecule has 1 atom stereocenters. The highest BCUT2D eigenvalue weighted by molar-refractivity contribution is 5.96. The lowest BCUT2D eigenvalue weighted by Gasteiger charge is -2.43. The number of amides is 3. The summed E-state index contributed by atoms with van der Waals surface area (Å²) < 4.78 is 16.1. The maximum atomic E-state index is 12.8. The lowest BCUT2D eigenvalue weighted by molar-refractivity contribution is -0.149. The molecule has 1 aromatic carbocycles. The molecule has 0 aliphatic carbocycles. The van der Waals surface area contributed by atoms with Crippen molar-refractivity contribution < 1.29 is 28.6 Å². The molecule has 4 aliphatic heterocycles. The summed E-state index contributed by atoms with van der Waals surface area (Å²) in [6.07, 6.45) is 1.40. The van der Waals surface area contributed by atoms with Crippen LogP contribution in [0.3, 0.4) is 0 Å². The Kier molecular flexibility index (Phi) is 4.98. The van der Waals surface area contributed by atoms with E-state index in [1.807, 2.05) is 4.90 Å². The Morgan fingerprint density at radius 1 is 0.867 bits per heavy atom. The Bertz CT molecular complexity index is 854. The van der Waals surface area contributed by atoms with Gasteiger partial charge in [0.25, 0.3) is 11.8 Å². The van der Waals surface area contributed by atoms with Crippen LogP contribution in [0.25, 0.3) is 0 Å². The van der Waals surface area contributed by atoms with Crippen LogP contribution in [-0.4, -0.2) is 91.2 Å². The number of piperazine rings is 1. The lowest BCUT2D eigenvalue weighted by atomic mass is 9.96. The van der Waals surface area contributed by atoms with E-state index in [9.17, 15) is 14.4 Å². The molecule has 4 heterocycles. The van der Waals surface area contributed by atoms with Gasteiger partial charge < -0.3 is 28.9 Å². The first-order valence-corrected chi connectivity index (χ1v) is 10.5. The Morgan fingerprint density at radius 3 is 2.27 bits per heavy atom. The van der Waals surface area contributed by atoms with Gasteiger partial charge in [-0.25, -0.2) is 0 Å². The van der Waals surface area contributed by atoms with Crippen molar-refractivity contribution in [2.24, 2.45) is 5.92 Å². The first-order chi connectivity index (χ1) is 14.6. The predicted molar refractivity (Wildman–Crippen MR) is 104 cm³/mol. The fourth-order valence-electron chi connectivity index (χ4n) is 4.39. The zero-order chi connectivity index (χ0) is 20.7. The van der Waals surface area contributed by atoms with Gasteiger partial charge in [0.05, 0.1) is 5.92 Å². The molecule has 0 bridgehead atoms. The summed E-state index contributed by atoms with van der Waals surface area (Å²) in [4.78, 5) is 43.2. The lowest BCUT2D eigenvalue weighted by Crippen LogP contribution is -2.60. The number of carbonyl (C=O) groups excluding carboxylic acids is 3. The Labute approximate surface area is 174 Å². The van der Waals surface area contributed by atoms with Crippen molar-refractivity contribution in [3.63, 3.8) is 0 Å². The SMILES string of the molecule is O=C(c1ccc2c(c1)OCO2)N1CC(C(=O)N2CCN(C(=O)C3CCCO3)CC2)C1. The van der Waals surface area contributed by atoms with Crippen LogP contribution < -0.4 is 9.47 Å².